The SMILES string of the molecule is Fc1ccc(Cl)cc1CC(CCl)CCl. The number of benzene rings is 1. The Morgan fingerprint density at radius 1 is 1.21 bits per heavy atom. The van der Waals surface area contributed by atoms with E-state index in [2.05, 4.69) is 0 Å². The molecule has 0 heterocycles. The van der Waals surface area contributed by atoms with Gasteiger partial charge < -0.3 is 0 Å². The van der Waals surface area contributed by atoms with Crippen LogP contribution in [0.5, 0.6) is 0 Å². The molecule has 0 aromatic heterocycles. The summed E-state index contributed by atoms with van der Waals surface area (Å²) in [6.07, 6.45) is 0.527. The summed E-state index contributed by atoms with van der Waals surface area (Å²) >= 11 is 17.1. The predicted molar refractivity (Wildman–Crippen MR) is 60.0 cm³/mol. The predicted octanol–water partition coefficient (Wildman–Crippen LogP) is 4.12. The normalized spacial score (nSPS) is 10.9. The Balaban J connectivity index is 2.79. The van der Waals surface area contributed by atoms with Crippen molar-refractivity contribution in [3.63, 3.8) is 0 Å². The summed E-state index contributed by atoms with van der Waals surface area (Å²) < 4.78 is 13.3. The Bertz CT molecular complexity index is 297. The number of hydrogen-bond donors (Lipinski definition) is 0. The standard InChI is InChI=1S/C10H10Cl3F/c11-5-7(6-12)3-8-4-9(13)1-2-10(8)14/h1-2,4,7H,3,5-6H2. The molecule has 0 radical (unpaired) electrons. The Morgan fingerprint density at radius 3 is 2.43 bits per heavy atom. The van der Waals surface area contributed by atoms with Crippen LogP contribution in [0.1, 0.15) is 5.56 Å². The number of hydrogen-bond acceptors (Lipinski definition) is 0. The summed E-state index contributed by atoms with van der Waals surface area (Å²) in [7, 11) is 0. The van der Waals surface area contributed by atoms with Crippen LogP contribution in [-0.2, 0) is 6.42 Å². The van der Waals surface area contributed by atoms with E-state index in [1.54, 1.807) is 6.07 Å². The van der Waals surface area contributed by atoms with Gasteiger partial charge in [-0.3, -0.25) is 0 Å². The highest BCUT2D eigenvalue weighted by Gasteiger charge is 2.10. The van der Waals surface area contributed by atoms with E-state index in [4.69, 9.17) is 34.8 Å². The van der Waals surface area contributed by atoms with E-state index in [1.807, 2.05) is 0 Å². The maximum atomic E-state index is 13.3. The molecule has 0 amide bonds. The van der Waals surface area contributed by atoms with Crippen LogP contribution in [0.15, 0.2) is 18.2 Å². The van der Waals surface area contributed by atoms with E-state index in [-0.39, 0.29) is 11.7 Å². The van der Waals surface area contributed by atoms with Gasteiger partial charge in [0.05, 0.1) is 0 Å². The zero-order chi connectivity index (χ0) is 10.6. The van der Waals surface area contributed by atoms with Crippen molar-refractivity contribution >= 4 is 34.8 Å². The summed E-state index contributed by atoms with van der Waals surface area (Å²) in [5.74, 6) is 0.686. The van der Waals surface area contributed by atoms with Gasteiger partial charge in [0, 0.05) is 16.8 Å². The van der Waals surface area contributed by atoms with Crippen molar-refractivity contribution in [3.05, 3.63) is 34.6 Å². The molecule has 4 heteroatoms. The van der Waals surface area contributed by atoms with Gasteiger partial charge in [0.1, 0.15) is 5.82 Å². The Morgan fingerprint density at radius 2 is 1.86 bits per heavy atom. The Hall–Kier alpha value is 0.0200. The van der Waals surface area contributed by atoms with Gasteiger partial charge in [-0.15, -0.1) is 23.2 Å². The average molecular weight is 256 g/mol. The lowest BCUT2D eigenvalue weighted by molar-refractivity contribution is 0.579. The zero-order valence-electron chi connectivity index (χ0n) is 7.44. The van der Waals surface area contributed by atoms with Crippen molar-refractivity contribution in [1.82, 2.24) is 0 Å². The second kappa shape index (κ2) is 5.79. The minimum absolute atomic E-state index is 0.0892. The molecule has 0 atom stereocenters. The van der Waals surface area contributed by atoms with Crippen LogP contribution in [0.3, 0.4) is 0 Å². The third-order valence-corrected chi connectivity index (χ3v) is 3.06. The van der Waals surface area contributed by atoms with Crippen LogP contribution in [0.25, 0.3) is 0 Å². The fourth-order valence-corrected chi connectivity index (χ4v) is 1.90. The van der Waals surface area contributed by atoms with Gasteiger partial charge in [-0.1, -0.05) is 11.6 Å². The third-order valence-electron chi connectivity index (χ3n) is 1.95. The highest BCUT2D eigenvalue weighted by molar-refractivity contribution is 6.30. The molecule has 0 aliphatic rings. The Labute approximate surface area is 98.0 Å². The molecule has 1 rings (SSSR count). The molecule has 1 aromatic rings. The molecule has 14 heavy (non-hydrogen) atoms. The average Bonchev–Trinajstić information content (AvgIpc) is 2.19. The third kappa shape index (κ3) is 3.30. The molecule has 0 aliphatic carbocycles. The van der Waals surface area contributed by atoms with Crippen molar-refractivity contribution in [1.29, 1.82) is 0 Å². The van der Waals surface area contributed by atoms with Crippen LogP contribution in [0.4, 0.5) is 4.39 Å². The first-order valence-corrected chi connectivity index (χ1v) is 5.68. The molecule has 0 aliphatic heterocycles. The largest absolute Gasteiger partial charge is 0.207 e. The van der Waals surface area contributed by atoms with Crippen molar-refractivity contribution in [2.24, 2.45) is 5.92 Å². The van der Waals surface area contributed by atoms with Gasteiger partial charge in [0.15, 0.2) is 0 Å². The first kappa shape index (κ1) is 12.1. The first-order chi connectivity index (χ1) is 6.67. The second-order valence-corrected chi connectivity index (χ2v) is 4.17. The first-order valence-electron chi connectivity index (χ1n) is 4.23. The lowest BCUT2D eigenvalue weighted by atomic mass is 10.0. The van der Waals surface area contributed by atoms with Gasteiger partial charge >= 0.3 is 0 Å². The quantitative estimate of drug-likeness (QED) is 0.710. The molecular formula is C10H10Cl3F. The Kier molecular flexibility index (Phi) is 5.00. The van der Waals surface area contributed by atoms with Crippen LogP contribution >= 0.6 is 34.8 Å². The monoisotopic (exact) mass is 254 g/mol. The molecular weight excluding hydrogens is 245 g/mol. The summed E-state index contributed by atoms with van der Waals surface area (Å²) in [4.78, 5) is 0. The van der Waals surface area contributed by atoms with Crippen LogP contribution < -0.4 is 0 Å². The van der Waals surface area contributed by atoms with E-state index < -0.39 is 0 Å². The molecule has 0 fully saturated rings. The lowest BCUT2D eigenvalue weighted by Gasteiger charge is -2.10. The lowest BCUT2D eigenvalue weighted by Crippen LogP contribution is -2.09. The van der Waals surface area contributed by atoms with Crippen LogP contribution in [-0.4, -0.2) is 11.8 Å². The summed E-state index contributed by atoms with van der Waals surface area (Å²) in [6.45, 7) is 0. The molecule has 0 saturated carbocycles. The fraction of sp³-hybridized carbons (Fsp3) is 0.400. The van der Waals surface area contributed by atoms with Crippen molar-refractivity contribution in [2.75, 3.05) is 11.8 Å². The maximum Gasteiger partial charge on any atom is 0.126 e. The van der Waals surface area contributed by atoms with Gasteiger partial charge in [-0.2, -0.15) is 0 Å². The van der Waals surface area contributed by atoms with E-state index in [9.17, 15) is 4.39 Å². The topological polar surface area (TPSA) is 0 Å². The highest BCUT2D eigenvalue weighted by atomic mass is 35.5. The van der Waals surface area contributed by atoms with E-state index in [1.165, 1.54) is 12.1 Å². The highest BCUT2D eigenvalue weighted by Crippen LogP contribution is 2.19. The fourth-order valence-electron chi connectivity index (χ4n) is 1.16. The van der Waals surface area contributed by atoms with Gasteiger partial charge in [0.25, 0.3) is 0 Å². The van der Waals surface area contributed by atoms with Crippen molar-refractivity contribution in [2.45, 2.75) is 6.42 Å². The minimum atomic E-state index is -0.255. The molecule has 78 valence electrons. The van der Waals surface area contributed by atoms with Crippen LogP contribution in [0, 0.1) is 11.7 Å². The van der Waals surface area contributed by atoms with E-state index >= 15 is 0 Å². The number of alkyl halides is 2. The van der Waals surface area contributed by atoms with Gasteiger partial charge in [-0.05, 0) is 36.1 Å². The minimum Gasteiger partial charge on any atom is -0.207 e. The van der Waals surface area contributed by atoms with Gasteiger partial charge in [0.2, 0.25) is 0 Å². The summed E-state index contributed by atoms with van der Waals surface area (Å²) in [5.41, 5.74) is 0.573. The molecule has 0 nitrogen and oxygen atoms in total. The second-order valence-electron chi connectivity index (χ2n) is 3.11. The van der Waals surface area contributed by atoms with E-state index in [0.29, 0.717) is 28.8 Å². The van der Waals surface area contributed by atoms with Crippen molar-refractivity contribution in [3.8, 4) is 0 Å². The van der Waals surface area contributed by atoms with Crippen LogP contribution in [0.2, 0.25) is 5.02 Å². The molecule has 0 bridgehead atoms. The maximum absolute atomic E-state index is 13.3. The molecule has 0 spiro atoms. The molecule has 0 N–H and O–H groups in total. The van der Waals surface area contributed by atoms with Gasteiger partial charge in [-0.25, -0.2) is 4.39 Å². The number of halogens is 4. The molecule has 1 aromatic carbocycles. The zero-order valence-corrected chi connectivity index (χ0v) is 9.71. The summed E-state index contributed by atoms with van der Waals surface area (Å²) in [5, 5.41) is 0.532. The van der Waals surface area contributed by atoms with E-state index in [0.717, 1.165) is 0 Å². The smallest absolute Gasteiger partial charge is 0.126 e. The molecule has 0 saturated heterocycles. The van der Waals surface area contributed by atoms with Crippen molar-refractivity contribution < 1.29 is 4.39 Å². The number of rotatable bonds is 4. The summed E-state index contributed by atoms with van der Waals surface area (Å²) in [6, 6.07) is 4.50. The molecule has 0 unspecified atom stereocenters.